The number of amides is 2. The molecule has 1 saturated heterocycles. The van der Waals surface area contributed by atoms with Gasteiger partial charge in [0.2, 0.25) is 5.91 Å². The predicted molar refractivity (Wildman–Crippen MR) is 109 cm³/mol. The first-order valence-corrected chi connectivity index (χ1v) is 10.5. The first-order valence-electron chi connectivity index (χ1n) is 9.28. The van der Waals surface area contributed by atoms with Gasteiger partial charge in [0.05, 0.1) is 11.4 Å². The third-order valence-corrected chi connectivity index (χ3v) is 5.99. The summed E-state index contributed by atoms with van der Waals surface area (Å²) in [4.78, 5) is 28.3. The number of benzene rings is 2. The number of carbonyl (C=O) groups excluding carboxylic acids is 2. The van der Waals surface area contributed by atoms with Gasteiger partial charge in [0.25, 0.3) is 5.91 Å². The third kappa shape index (κ3) is 3.67. The molecule has 6 heteroatoms. The van der Waals surface area contributed by atoms with Crippen molar-refractivity contribution in [2.24, 2.45) is 0 Å². The van der Waals surface area contributed by atoms with Gasteiger partial charge in [0, 0.05) is 23.5 Å². The second-order valence-electron chi connectivity index (χ2n) is 6.96. The molecular weight excluding hydrogens is 358 g/mol. The molecule has 0 radical (unpaired) electrons. The lowest BCUT2D eigenvalue weighted by Gasteiger charge is -2.41. The number of thioether (sulfide) groups is 1. The summed E-state index contributed by atoms with van der Waals surface area (Å²) in [6.07, 6.45) is 5.11. The van der Waals surface area contributed by atoms with Crippen LogP contribution in [0.4, 0.5) is 11.4 Å². The van der Waals surface area contributed by atoms with Crippen molar-refractivity contribution in [3.05, 3.63) is 53.6 Å². The fraction of sp³-hybridized carbons (Fsp3) is 0.333. The zero-order valence-corrected chi connectivity index (χ0v) is 16.1. The fourth-order valence-electron chi connectivity index (χ4n) is 3.76. The number of nitrogens with one attached hydrogen (secondary N) is 2. The normalized spacial score (nSPS) is 18.3. The summed E-state index contributed by atoms with van der Waals surface area (Å²) >= 11 is 1.69. The van der Waals surface area contributed by atoms with E-state index in [9.17, 15) is 9.59 Å². The molecule has 27 heavy (non-hydrogen) atoms. The number of hydrogen-bond donors (Lipinski definition) is 2. The van der Waals surface area contributed by atoms with E-state index in [-0.39, 0.29) is 17.9 Å². The van der Waals surface area contributed by atoms with Gasteiger partial charge in [0.1, 0.15) is 6.04 Å². The van der Waals surface area contributed by atoms with Crippen LogP contribution in [0.15, 0.2) is 47.4 Å². The van der Waals surface area contributed by atoms with Gasteiger partial charge in [-0.1, -0.05) is 12.1 Å². The molecular formula is C21H23N3O2S. The fourth-order valence-corrected chi connectivity index (χ4v) is 4.17. The van der Waals surface area contributed by atoms with Crippen LogP contribution in [0.2, 0.25) is 0 Å². The molecule has 2 heterocycles. The van der Waals surface area contributed by atoms with E-state index < -0.39 is 0 Å². The highest BCUT2D eigenvalue weighted by Gasteiger charge is 2.34. The van der Waals surface area contributed by atoms with E-state index in [1.54, 1.807) is 17.8 Å². The van der Waals surface area contributed by atoms with E-state index >= 15 is 0 Å². The Hall–Kier alpha value is -2.47. The highest BCUT2D eigenvalue weighted by molar-refractivity contribution is 7.98. The van der Waals surface area contributed by atoms with Crippen LogP contribution in [0.5, 0.6) is 0 Å². The quantitative estimate of drug-likeness (QED) is 0.794. The highest BCUT2D eigenvalue weighted by Crippen LogP contribution is 2.36. The van der Waals surface area contributed by atoms with Crippen LogP contribution < -0.4 is 15.5 Å². The molecule has 0 spiro atoms. The average molecular weight is 382 g/mol. The lowest BCUT2D eigenvalue weighted by atomic mass is 9.97. The molecule has 2 N–H and O–H groups in total. The molecule has 5 nitrogen and oxygen atoms in total. The van der Waals surface area contributed by atoms with Crippen LogP contribution in [0.25, 0.3) is 0 Å². The summed E-state index contributed by atoms with van der Waals surface area (Å²) < 4.78 is 0. The third-order valence-electron chi connectivity index (χ3n) is 5.24. The van der Waals surface area contributed by atoms with Crippen molar-refractivity contribution in [2.45, 2.75) is 36.7 Å². The SMILES string of the molecule is CSc1ccc(CNC(=O)c2ccc3c(c2)NC(=O)[C@H]2CCCCN32)cc1. The average Bonchev–Trinajstić information content (AvgIpc) is 2.72. The largest absolute Gasteiger partial charge is 0.358 e. The van der Waals surface area contributed by atoms with Gasteiger partial charge in [-0.25, -0.2) is 0 Å². The molecule has 2 aliphatic rings. The number of nitrogens with zero attached hydrogens (tertiary/aromatic N) is 1. The summed E-state index contributed by atoms with van der Waals surface area (Å²) in [6.45, 7) is 1.37. The monoisotopic (exact) mass is 381 g/mol. The van der Waals surface area contributed by atoms with E-state index in [0.29, 0.717) is 12.1 Å². The Morgan fingerprint density at radius 1 is 1.22 bits per heavy atom. The molecule has 1 atom stereocenters. The topological polar surface area (TPSA) is 61.4 Å². The Morgan fingerprint density at radius 2 is 2.04 bits per heavy atom. The van der Waals surface area contributed by atoms with Gasteiger partial charge in [0.15, 0.2) is 0 Å². The van der Waals surface area contributed by atoms with Crippen molar-refractivity contribution in [3.63, 3.8) is 0 Å². The van der Waals surface area contributed by atoms with Gasteiger partial charge in [-0.3, -0.25) is 9.59 Å². The standard InChI is InChI=1S/C21H23N3O2S/c1-27-16-8-5-14(6-9-16)13-22-20(25)15-7-10-18-17(12-15)23-21(26)19-4-2-3-11-24(18)19/h5-10,12,19H,2-4,11,13H2,1H3,(H,22,25)(H,23,26)/t19-/m1/s1. The summed E-state index contributed by atoms with van der Waals surface area (Å²) in [6, 6.07) is 13.7. The summed E-state index contributed by atoms with van der Waals surface area (Å²) in [5.41, 5.74) is 3.37. The number of carbonyl (C=O) groups is 2. The van der Waals surface area contributed by atoms with Gasteiger partial charge >= 0.3 is 0 Å². The maximum absolute atomic E-state index is 12.5. The molecule has 140 valence electrons. The number of rotatable bonds is 4. The van der Waals surface area contributed by atoms with Crippen LogP contribution in [-0.2, 0) is 11.3 Å². The molecule has 2 aromatic rings. The van der Waals surface area contributed by atoms with Crippen molar-refractivity contribution in [1.82, 2.24) is 5.32 Å². The minimum absolute atomic E-state index is 0.0358. The molecule has 2 aliphatic heterocycles. The number of hydrogen-bond acceptors (Lipinski definition) is 4. The van der Waals surface area contributed by atoms with Crippen molar-refractivity contribution < 1.29 is 9.59 Å². The minimum atomic E-state index is -0.137. The van der Waals surface area contributed by atoms with E-state index in [4.69, 9.17) is 0 Å². The van der Waals surface area contributed by atoms with E-state index in [0.717, 1.165) is 42.7 Å². The van der Waals surface area contributed by atoms with Crippen molar-refractivity contribution in [3.8, 4) is 0 Å². The lowest BCUT2D eigenvalue weighted by molar-refractivity contribution is -0.118. The molecule has 2 amide bonds. The Kier molecular flexibility index (Phi) is 5.07. The Morgan fingerprint density at radius 3 is 2.81 bits per heavy atom. The van der Waals surface area contributed by atoms with E-state index in [2.05, 4.69) is 27.7 Å². The van der Waals surface area contributed by atoms with Gasteiger partial charge in [-0.05, 0) is 61.4 Å². The van der Waals surface area contributed by atoms with Crippen LogP contribution >= 0.6 is 11.8 Å². The Labute approximate surface area is 163 Å². The molecule has 0 aromatic heterocycles. The number of piperidine rings is 1. The van der Waals surface area contributed by atoms with Crippen molar-refractivity contribution >= 4 is 35.0 Å². The smallest absolute Gasteiger partial charge is 0.251 e. The second kappa shape index (κ2) is 7.64. The van der Waals surface area contributed by atoms with E-state index in [1.807, 2.05) is 30.5 Å². The van der Waals surface area contributed by atoms with Crippen LogP contribution in [0, 0.1) is 0 Å². The maximum Gasteiger partial charge on any atom is 0.251 e. The maximum atomic E-state index is 12.5. The van der Waals surface area contributed by atoms with Gasteiger partial charge < -0.3 is 15.5 Å². The van der Waals surface area contributed by atoms with Crippen molar-refractivity contribution in [2.75, 3.05) is 23.0 Å². The molecule has 0 aliphatic carbocycles. The molecule has 4 rings (SSSR count). The van der Waals surface area contributed by atoms with Crippen LogP contribution in [0.1, 0.15) is 35.2 Å². The molecule has 0 saturated carbocycles. The molecule has 0 bridgehead atoms. The van der Waals surface area contributed by atoms with Crippen LogP contribution in [-0.4, -0.2) is 30.7 Å². The summed E-state index contributed by atoms with van der Waals surface area (Å²) in [7, 11) is 0. The van der Waals surface area contributed by atoms with Gasteiger partial charge in [-0.2, -0.15) is 0 Å². The number of fused-ring (bicyclic) bond motifs is 3. The van der Waals surface area contributed by atoms with Crippen LogP contribution in [0.3, 0.4) is 0 Å². The molecule has 0 unspecified atom stereocenters. The minimum Gasteiger partial charge on any atom is -0.358 e. The van der Waals surface area contributed by atoms with Crippen molar-refractivity contribution in [1.29, 1.82) is 0 Å². The lowest BCUT2D eigenvalue weighted by Crippen LogP contribution is -2.50. The second-order valence-corrected chi connectivity index (χ2v) is 7.84. The van der Waals surface area contributed by atoms with E-state index in [1.165, 1.54) is 4.90 Å². The zero-order chi connectivity index (χ0) is 18.8. The number of anilines is 2. The Balaban J connectivity index is 1.47. The zero-order valence-electron chi connectivity index (χ0n) is 15.3. The Bertz CT molecular complexity index is 866. The van der Waals surface area contributed by atoms with Gasteiger partial charge in [-0.15, -0.1) is 11.8 Å². The first kappa shape index (κ1) is 17.9. The predicted octanol–water partition coefficient (Wildman–Crippen LogP) is 3.65. The first-order chi connectivity index (χ1) is 13.2. The summed E-state index contributed by atoms with van der Waals surface area (Å²) in [5.74, 6) is -0.101. The summed E-state index contributed by atoms with van der Waals surface area (Å²) in [5, 5.41) is 5.93. The highest BCUT2D eigenvalue weighted by atomic mass is 32.2. The molecule has 2 aromatic carbocycles. The molecule has 1 fully saturated rings.